The lowest BCUT2D eigenvalue weighted by molar-refractivity contribution is 0.0897. The zero-order valence-electron chi connectivity index (χ0n) is 14.4. The number of ether oxygens (including phenoxy) is 1. The van der Waals surface area contributed by atoms with Gasteiger partial charge in [0.2, 0.25) is 5.91 Å². The molecule has 0 aliphatic carbocycles. The molecule has 27 heavy (non-hydrogen) atoms. The fraction of sp³-hybridized carbons (Fsp3) is 0.105. The lowest BCUT2D eigenvalue weighted by Crippen LogP contribution is -2.18. The molecular formula is C19H18ClN5O2. The zero-order valence-corrected chi connectivity index (χ0v) is 15.1. The van der Waals surface area contributed by atoms with Crippen LogP contribution in [0.3, 0.4) is 0 Å². The van der Waals surface area contributed by atoms with E-state index in [-0.39, 0.29) is 35.4 Å². The number of nitrogens with one attached hydrogen (secondary N) is 1. The molecule has 0 saturated heterocycles. The Morgan fingerprint density at radius 3 is 2.33 bits per heavy atom. The van der Waals surface area contributed by atoms with E-state index in [2.05, 4.69) is 5.10 Å². The van der Waals surface area contributed by atoms with E-state index in [9.17, 15) is 4.79 Å². The summed E-state index contributed by atoms with van der Waals surface area (Å²) >= 11 is 5.63. The fourth-order valence-electron chi connectivity index (χ4n) is 2.58. The van der Waals surface area contributed by atoms with E-state index in [1.54, 1.807) is 24.3 Å². The smallest absolute Gasteiger partial charge is 0.249 e. The summed E-state index contributed by atoms with van der Waals surface area (Å²) < 4.78 is 6.80. The van der Waals surface area contributed by atoms with E-state index in [0.717, 1.165) is 10.4 Å². The predicted octanol–water partition coefficient (Wildman–Crippen LogP) is 3.48. The number of hydrogen-bond donors (Lipinski definition) is 3. The number of amidine groups is 1. The van der Waals surface area contributed by atoms with Crippen molar-refractivity contribution < 1.29 is 9.53 Å². The van der Waals surface area contributed by atoms with Crippen molar-refractivity contribution in [3.05, 3.63) is 60.2 Å². The molecule has 5 N–H and O–H groups in total. The van der Waals surface area contributed by atoms with Gasteiger partial charge in [-0.1, -0.05) is 18.2 Å². The second kappa shape index (κ2) is 7.92. The van der Waals surface area contributed by atoms with Gasteiger partial charge in [-0.05, 0) is 36.4 Å². The highest BCUT2D eigenvalue weighted by molar-refractivity contribution is 6.19. The predicted molar refractivity (Wildman–Crippen MR) is 106 cm³/mol. The number of carbonyl (C=O) groups excluding carboxylic acids is 1. The lowest BCUT2D eigenvalue weighted by Gasteiger charge is -2.06. The Hall–Kier alpha value is -3.32. The van der Waals surface area contributed by atoms with Crippen molar-refractivity contribution in [2.24, 2.45) is 5.73 Å². The molecule has 0 amide bonds. The van der Waals surface area contributed by atoms with Crippen molar-refractivity contribution in [2.45, 2.75) is 6.42 Å². The quantitative estimate of drug-likeness (QED) is 0.342. The Bertz CT molecular complexity index is 968. The van der Waals surface area contributed by atoms with Crippen LogP contribution < -0.4 is 16.2 Å². The van der Waals surface area contributed by atoms with Crippen molar-refractivity contribution in [3.8, 4) is 22.8 Å². The van der Waals surface area contributed by atoms with E-state index in [1.807, 2.05) is 30.3 Å². The van der Waals surface area contributed by atoms with Crippen molar-refractivity contribution in [2.75, 3.05) is 11.6 Å². The largest absolute Gasteiger partial charge is 0.457 e. The number of carbonyl (C=O) groups is 1. The highest BCUT2D eigenvalue weighted by atomic mass is 35.5. The summed E-state index contributed by atoms with van der Waals surface area (Å²) in [6.07, 6.45) is 0.0775. The van der Waals surface area contributed by atoms with Gasteiger partial charge in [-0.15, -0.1) is 11.6 Å². The summed E-state index contributed by atoms with van der Waals surface area (Å²) in [4.78, 5) is 12.1. The highest BCUT2D eigenvalue weighted by Crippen LogP contribution is 2.30. The Morgan fingerprint density at radius 1 is 1.11 bits per heavy atom. The van der Waals surface area contributed by atoms with Crippen molar-refractivity contribution in [1.82, 2.24) is 9.78 Å². The number of alkyl halides is 1. The Balaban J connectivity index is 1.94. The Morgan fingerprint density at radius 2 is 1.74 bits per heavy atom. The molecule has 0 aliphatic heterocycles. The number of halogens is 1. The summed E-state index contributed by atoms with van der Waals surface area (Å²) in [5.74, 6) is 0.901. The number of hydrogen-bond acceptors (Lipinski definition) is 5. The van der Waals surface area contributed by atoms with Gasteiger partial charge in [0.25, 0.3) is 0 Å². The van der Waals surface area contributed by atoms with E-state index >= 15 is 0 Å². The standard InChI is InChI=1S/C19H18ClN5O2/c20-11-10-15(26)25-19(23)16(18(21)22)17(24-25)12-6-8-14(9-7-12)27-13-4-2-1-3-5-13/h1-9H,10-11,23H2,(H3,21,22). The summed E-state index contributed by atoms with van der Waals surface area (Å²) in [7, 11) is 0. The molecule has 0 atom stereocenters. The first-order chi connectivity index (χ1) is 13.0. The van der Waals surface area contributed by atoms with Crippen LogP contribution in [0.4, 0.5) is 5.82 Å². The van der Waals surface area contributed by atoms with Crippen molar-refractivity contribution in [3.63, 3.8) is 0 Å². The maximum Gasteiger partial charge on any atom is 0.249 e. The average Bonchev–Trinajstić information content (AvgIpc) is 3.01. The van der Waals surface area contributed by atoms with Gasteiger partial charge < -0.3 is 16.2 Å². The first kappa shape index (κ1) is 18.5. The Kier molecular flexibility index (Phi) is 5.42. The van der Waals surface area contributed by atoms with E-state index < -0.39 is 0 Å². The molecule has 1 aromatic heterocycles. The molecule has 3 rings (SSSR count). The molecular weight excluding hydrogens is 366 g/mol. The number of rotatable bonds is 6. The first-order valence-electron chi connectivity index (χ1n) is 8.16. The molecule has 0 aliphatic rings. The minimum atomic E-state index is -0.361. The number of aromatic nitrogens is 2. The third kappa shape index (κ3) is 3.93. The number of nitrogens with zero attached hydrogens (tertiary/aromatic N) is 2. The third-order valence-electron chi connectivity index (χ3n) is 3.84. The van der Waals surface area contributed by atoms with Gasteiger partial charge in [0, 0.05) is 17.9 Å². The number of nitrogen functional groups attached to an aromatic ring is 2. The minimum Gasteiger partial charge on any atom is -0.457 e. The van der Waals surface area contributed by atoms with Crippen LogP contribution in [0.2, 0.25) is 0 Å². The molecule has 2 aromatic carbocycles. The molecule has 0 saturated carbocycles. The minimum absolute atomic E-state index is 0.0252. The summed E-state index contributed by atoms with van der Waals surface area (Å²) in [5, 5.41) is 12.1. The van der Waals surface area contributed by atoms with Crippen LogP contribution >= 0.6 is 11.6 Å². The van der Waals surface area contributed by atoms with Gasteiger partial charge in [-0.3, -0.25) is 10.2 Å². The average molecular weight is 384 g/mol. The van der Waals surface area contributed by atoms with E-state index in [4.69, 9.17) is 33.2 Å². The SMILES string of the molecule is N=C(N)c1c(-c2ccc(Oc3ccccc3)cc2)nn(C(=O)CCCl)c1N. The fourth-order valence-corrected chi connectivity index (χ4v) is 2.74. The molecule has 0 bridgehead atoms. The Labute approximate surface area is 161 Å². The van der Waals surface area contributed by atoms with Crippen LogP contribution in [-0.2, 0) is 0 Å². The van der Waals surface area contributed by atoms with E-state index in [1.165, 1.54) is 0 Å². The number of benzene rings is 2. The lowest BCUT2D eigenvalue weighted by atomic mass is 10.1. The maximum absolute atomic E-state index is 12.1. The second-order valence-corrected chi connectivity index (χ2v) is 6.08. The van der Waals surface area contributed by atoms with Crippen LogP contribution in [0.1, 0.15) is 16.8 Å². The number of para-hydroxylation sites is 1. The van der Waals surface area contributed by atoms with Crippen LogP contribution in [0, 0.1) is 5.41 Å². The number of nitrogens with two attached hydrogens (primary N) is 2. The van der Waals surface area contributed by atoms with Crippen LogP contribution in [0.15, 0.2) is 54.6 Å². The molecule has 3 aromatic rings. The monoisotopic (exact) mass is 383 g/mol. The topological polar surface area (TPSA) is 120 Å². The molecule has 1 heterocycles. The maximum atomic E-state index is 12.1. The number of anilines is 1. The zero-order chi connectivity index (χ0) is 19.4. The first-order valence-corrected chi connectivity index (χ1v) is 8.70. The molecule has 0 radical (unpaired) electrons. The van der Waals surface area contributed by atoms with Gasteiger partial charge in [0.1, 0.15) is 28.8 Å². The van der Waals surface area contributed by atoms with Gasteiger partial charge in [0.15, 0.2) is 0 Å². The summed E-state index contributed by atoms with van der Waals surface area (Å²) in [5.41, 5.74) is 12.9. The molecule has 0 unspecified atom stereocenters. The van der Waals surface area contributed by atoms with Gasteiger partial charge in [0.05, 0.1) is 5.56 Å². The molecule has 0 spiro atoms. The van der Waals surface area contributed by atoms with Gasteiger partial charge in [-0.2, -0.15) is 9.78 Å². The van der Waals surface area contributed by atoms with Crippen LogP contribution in [0.25, 0.3) is 11.3 Å². The third-order valence-corrected chi connectivity index (χ3v) is 4.03. The van der Waals surface area contributed by atoms with Gasteiger partial charge in [-0.25, -0.2) is 0 Å². The summed E-state index contributed by atoms with van der Waals surface area (Å²) in [6.45, 7) is 0. The molecule has 138 valence electrons. The normalized spacial score (nSPS) is 10.6. The van der Waals surface area contributed by atoms with Gasteiger partial charge >= 0.3 is 0 Å². The molecule has 8 heteroatoms. The summed E-state index contributed by atoms with van der Waals surface area (Å²) in [6, 6.07) is 16.5. The molecule has 7 nitrogen and oxygen atoms in total. The van der Waals surface area contributed by atoms with Crippen LogP contribution in [0.5, 0.6) is 11.5 Å². The van der Waals surface area contributed by atoms with Crippen molar-refractivity contribution >= 4 is 29.2 Å². The highest BCUT2D eigenvalue weighted by Gasteiger charge is 2.22. The second-order valence-electron chi connectivity index (χ2n) is 5.71. The van der Waals surface area contributed by atoms with Crippen molar-refractivity contribution in [1.29, 1.82) is 5.41 Å². The van der Waals surface area contributed by atoms with Crippen LogP contribution in [-0.4, -0.2) is 27.4 Å². The van der Waals surface area contributed by atoms with E-state index in [0.29, 0.717) is 17.0 Å². The molecule has 0 fully saturated rings.